The van der Waals surface area contributed by atoms with Crippen LogP contribution in [0.25, 0.3) is 11.1 Å². The van der Waals surface area contributed by atoms with Crippen LogP contribution in [0.5, 0.6) is 0 Å². The third-order valence-electron chi connectivity index (χ3n) is 3.49. The van der Waals surface area contributed by atoms with Gasteiger partial charge in [0.15, 0.2) is 0 Å². The molecule has 0 aliphatic rings. The Bertz CT molecular complexity index is 542. The van der Waals surface area contributed by atoms with Gasteiger partial charge in [-0.15, -0.1) is 0 Å². The summed E-state index contributed by atoms with van der Waals surface area (Å²) in [7, 11) is 0. The standard InChI is InChI=1S/C19H24/c1-14(2)15-10-6-7-11-16(15)17-12-8-9-13-18(17)19(3,4)5/h6-14H,1-5H3/i14D. The summed E-state index contributed by atoms with van der Waals surface area (Å²) in [6.45, 7) is 10.6. The largest absolute Gasteiger partial charge is 0.0619 e. The molecular weight excluding hydrogens is 228 g/mol. The molecule has 100 valence electrons. The maximum atomic E-state index is 8.39. The van der Waals surface area contributed by atoms with Crippen LogP contribution in [0.15, 0.2) is 48.5 Å². The molecule has 0 aliphatic carbocycles. The first-order chi connectivity index (χ1) is 9.21. The van der Waals surface area contributed by atoms with Gasteiger partial charge in [-0.3, -0.25) is 0 Å². The van der Waals surface area contributed by atoms with Gasteiger partial charge in [-0.25, -0.2) is 0 Å². The van der Waals surface area contributed by atoms with Gasteiger partial charge in [0.25, 0.3) is 0 Å². The van der Waals surface area contributed by atoms with Crippen molar-refractivity contribution in [2.45, 2.75) is 45.9 Å². The van der Waals surface area contributed by atoms with Crippen molar-refractivity contribution in [1.82, 2.24) is 0 Å². The summed E-state index contributed by atoms with van der Waals surface area (Å²) in [4.78, 5) is 0. The Hall–Kier alpha value is -1.56. The fourth-order valence-electron chi connectivity index (χ4n) is 2.53. The predicted octanol–water partition coefficient (Wildman–Crippen LogP) is 5.77. The van der Waals surface area contributed by atoms with E-state index in [-0.39, 0.29) is 5.41 Å². The smallest absolute Gasteiger partial charge is 0.0347 e. The molecular formula is C19H24. The van der Waals surface area contributed by atoms with E-state index < -0.39 is 5.89 Å². The molecule has 0 amide bonds. The molecule has 0 heterocycles. The zero-order valence-corrected chi connectivity index (χ0v) is 12.6. The molecule has 0 atom stereocenters. The van der Waals surface area contributed by atoms with Crippen molar-refractivity contribution < 1.29 is 1.37 Å². The highest BCUT2D eigenvalue weighted by molar-refractivity contribution is 5.72. The van der Waals surface area contributed by atoms with Gasteiger partial charge in [-0.1, -0.05) is 83.1 Å². The quantitative estimate of drug-likeness (QED) is 0.637. The van der Waals surface area contributed by atoms with E-state index in [0.29, 0.717) is 0 Å². The molecule has 0 saturated carbocycles. The van der Waals surface area contributed by atoms with Crippen molar-refractivity contribution in [3.8, 4) is 11.1 Å². The molecule has 0 saturated heterocycles. The van der Waals surface area contributed by atoms with E-state index in [2.05, 4.69) is 63.2 Å². The van der Waals surface area contributed by atoms with Crippen LogP contribution in [0.3, 0.4) is 0 Å². The van der Waals surface area contributed by atoms with E-state index in [1.807, 2.05) is 19.9 Å². The normalized spacial score (nSPS) is 13.2. The first-order valence-corrected chi connectivity index (χ1v) is 6.90. The topological polar surface area (TPSA) is 0 Å². The van der Waals surface area contributed by atoms with Crippen LogP contribution in [-0.4, -0.2) is 0 Å². The minimum atomic E-state index is -0.596. The summed E-state index contributed by atoms with van der Waals surface area (Å²) in [6, 6.07) is 16.8. The van der Waals surface area contributed by atoms with Crippen LogP contribution >= 0.6 is 0 Å². The van der Waals surface area contributed by atoms with Gasteiger partial charge in [0.1, 0.15) is 0 Å². The Labute approximate surface area is 118 Å². The van der Waals surface area contributed by atoms with E-state index in [1.54, 1.807) is 0 Å². The molecule has 0 aliphatic heterocycles. The molecule has 0 radical (unpaired) electrons. The Balaban J connectivity index is 2.71. The average molecular weight is 253 g/mol. The third-order valence-corrected chi connectivity index (χ3v) is 3.49. The molecule has 2 aromatic rings. The van der Waals surface area contributed by atoms with Crippen LogP contribution in [0.1, 0.15) is 53.0 Å². The summed E-state index contributed by atoms with van der Waals surface area (Å²) < 4.78 is 8.39. The van der Waals surface area contributed by atoms with Crippen molar-refractivity contribution in [2.75, 3.05) is 0 Å². The molecule has 2 rings (SSSR count). The SMILES string of the molecule is [2H]C(C)(C)c1ccccc1-c1ccccc1C(C)(C)C. The molecule has 0 heteroatoms. The lowest BCUT2D eigenvalue weighted by Gasteiger charge is -2.24. The van der Waals surface area contributed by atoms with E-state index in [4.69, 9.17) is 1.37 Å². The van der Waals surface area contributed by atoms with Gasteiger partial charge < -0.3 is 0 Å². The molecule has 2 aromatic carbocycles. The second-order valence-corrected chi connectivity index (χ2v) is 6.34. The molecule has 0 fully saturated rings. The van der Waals surface area contributed by atoms with Gasteiger partial charge in [0.2, 0.25) is 0 Å². The third kappa shape index (κ3) is 2.89. The highest BCUT2D eigenvalue weighted by Gasteiger charge is 2.19. The number of benzene rings is 2. The number of hydrogen-bond acceptors (Lipinski definition) is 0. The second kappa shape index (κ2) is 5.21. The second-order valence-electron chi connectivity index (χ2n) is 6.34. The predicted molar refractivity (Wildman–Crippen MR) is 84.7 cm³/mol. The first-order valence-electron chi connectivity index (χ1n) is 7.40. The maximum Gasteiger partial charge on any atom is 0.0347 e. The van der Waals surface area contributed by atoms with Crippen molar-refractivity contribution in [3.05, 3.63) is 59.7 Å². The Morgan fingerprint density at radius 1 is 0.842 bits per heavy atom. The fourth-order valence-corrected chi connectivity index (χ4v) is 2.53. The monoisotopic (exact) mass is 253 g/mol. The zero-order chi connectivity index (χ0) is 15.0. The lowest BCUT2D eigenvalue weighted by molar-refractivity contribution is 0.592. The lowest BCUT2D eigenvalue weighted by Crippen LogP contribution is -2.13. The molecule has 0 aromatic heterocycles. The van der Waals surface area contributed by atoms with Crippen molar-refractivity contribution >= 4 is 0 Å². The van der Waals surface area contributed by atoms with E-state index in [1.165, 1.54) is 16.7 Å². The van der Waals surface area contributed by atoms with Crippen LogP contribution < -0.4 is 0 Å². The van der Waals surface area contributed by atoms with Crippen LogP contribution in [0.4, 0.5) is 0 Å². The van der Waals surface area contributed by atoms with Crippen molar-refractivity contribution in [1.29, 1.82) is 0 Å². The zero-order valence-electron chi connectivity index (χ0n) is 13.6. The van der Waals surface area contributed by atoms with Crippen LogP contribution in [0.2, 0.25) is 0 Å². The molecule has 0 bridgehead atoms. The number of hydrogen-bond donors (Lipinski definition) is 0. The minimum absolute atomic E-state index is 0.0931. The van der Waals surface area contributed by atoms with Crippen molar-refractivity contribution in [3.63, 3.8) is 0 Å². The molecule has 0 spiro atoms. The van der Waals surface area contributed by atoms with Gasteiger partial charge in [0.05, 0.1) is 0 Å². The first kappa shape index (κ1) is 12.5. The van der Waals surface area contributed by atoms with E-state index in [0.717, 1.165) is 5.56 Å². The van der Waals surface area contributed by atoms with Crippen molar-refractivity contribution in [2.24, 2.45) is 0 Å². The Morgan fingerprint density at radius 2 is 1.37 bits per heavy atom. The summed E-state index contributed by atoms with van der Waals surface area (Å²) in [5.41, 5.74) is 4.93. The van der Waals surface area contributed by atoms with Gasteiger partial charge in [-0.2, -0.15) is 0 Å². The highest BCUT2D eigenvalue weighted by atomic mass is 14.2. The summed E-state index contributed by atoms with van der Waals surface area (Å²) in [5.74, 6) is -0.596. The maximum absolute atomic E-state index is 8.39. The highest BCUT2D eigenvalue weighted by Crippen LogP contribution is 2.36. The van der Waals surface area contributed by atoms with Gasteiger partial charge >= 0.3 is 0 Å². The van der Waals surface area contributed by atoms with Crippen LogP contribution in [-0.2, 0) is 5.41 Å². The lowest BCUT2D eigenvalue weighted by atomic mass is 9.80. The molecule has 0 unspecified atom stereocenters. The van der Waals surface area contributed by atoms with E-state index in [9.17, 15) is 0 Å². The Morgan fingerprint density at radius 3 is 1.95 bits per heavy atom. The Kier molecular flexibility index (Phi) is 3.42. The summed E-state index contributed by atoms with van der Waals surface area (Å²) in [5, 5.41) is 0. The van der Waals surface area contributed by atoms with Gasteiger partial charge in [0, 0.05) is 1.37 Å². The molecule has 0 N–H and O–H groups in total. The molecule has 19 heavy (non-hydrogen) atoms. The number of rotatable bonds is 2. The minimum Gasteiger partial charge on any atom is -0.0619 e. The fraction of sp³-hybridized carbons (Fsp3) is 0.368. The van der Waals surface area contributed by atoms with Crippen LogP contribution in [0, 0.1) is 0 Å². The molecule has 0 nitrogen and oxygen atoms in total. The summed E-state index contributed by atoms with van der Waals surface area (Å²) in [6.07, 6.45) is 0. The van der Waals surface area contributed by atoms with Gasteiger partial charge in [-0.05, 0) is 33.6 Å². The van der Waals surface area contributed by atoms with E-state index >= 15 is 0 Å². The average Bonchev–Trinajstić information content (AvgIpc) is 2.37. The summed E-state index contributed by atoms with van der Waals surface area (Å²) >= 11 is 0.